The summed E-state index contributed by atoms with van der Waals surface area (Å²) in [6.45, 7) is 2.51. The van der Waals surface area contributed by atoms with Gasteiger partial charge >= 0.3 is 308 Å². The van der Waals surface area contributed by atoms with E-state index >= 15 is 0 Å². The van der Waals surface area contributed by atoms with Crippen molar-refractivity contribution in [3.63, 3.8) is 0 Å². The molecular formula is C6H20K6N2. The molecule has 0 atom stereocenters. The van der Waals surface area contributed by atoms with Gasteiger partial charge in [0.15, 0.2) is 0 Å². The van der Waals surface area contributed by atoms with Gasteiger partial charge in [-0.15, -0.1) is 0 Å². The number of hydrogen-bond acceptors (Lipinski definition) is 2. The van der Waals surface area contributed by atoms with E-state index in [0.29, 0.717) is 0 Å². The summed E-state index contributed by atoms with van der Waals surface area (Å²) in [5.41, 5.74) is 10.4. The third kappa shape index (κ3) is 43.0. The fraction of sp³-hybridized carbons (Fsp3) is 0.833. The second-order valence-corrected chi connectivity index (χ2v) is 1.87. The van der Waals surface area contributed by atoms with Crippen molar-refractivity contribution in [3.05, 3.63) is 6.54 Å². The van der Waals surface area contributed by atoms with Crippen LogP contribution in [0.15, 0.2) is 0 Å². The topological polar surface area (TPSA) is 52.0 Å². The minimum Gasteiger partial charge on any atom is -1.00 e. The van der Waals surface area contributed by atoms with Crippen molar-refractivity contribution in [3.8, 4) is 0 Å². The molecule has 0 fully saturated rings. The van der Waals surface area contributed by atoms with Gasteiger partial charge in [-0.2, -0.15) is 6.42 Å². The summed E-state index contributed by atoms with van der Waals surface area (Å²) in [7, 11) is 0. The van der Waals surface area contributed by atoms with E-state index in [2.05, 4.69) is 0 Å². The first-order valence-electron chi connectivity index (χ1n) is 3.15. The Morgan fingerprint density at radius 2 is 1.21 bits per heavy atom. The third-order valence-electron chi connectivity index (χ3n) is 1.07. The summed E-state index contributed by atoms with van der Waals surface area (Å²) in [6.07, 6.45) is 4.56. The molecule has 0 rings (SSSR count). The zero-order valence-electron chi connectivity index (χ0n) is 16.3. The summed E-state index contributed by atoms with van der Waals surface area (Å²) in [6, 6.07) is 0. The summed E-state index contributed by atoms with van der Waals surface area (Å²) >= 11 is 0. The van der Waals surface area contributed by atoms with Crippen LogP contribution in [0.5, 0.6) is 0 Å². The van der Waals surface area contributed by atoms with Crippen molar-refractivity contribution in [1.82, 2.24) is 0 Å². The maximum atomic E-state index is 5.27. The molecule has 0 heterocycles. The Morgan fingerprint density at radius 3 is 1.50 bits per heavy atom. The Hall–Kier alpha value is 9.74. The Kier molecular flexibility index (Phi) is 136. The molecule has 8 heteroatoms. The number of nitrogens with two attached hydrogens (primary N) is 2. The monoisotopic (exact) mass is 354 g/mol. The van der Waals surface area contributed by atoms with Crippen molar-refractivity contribution in [1.29, 1.82) is 0 Å². The fourth-order valence-corrected chi connectivity index (χ4v) is 0.583. The van der Waals surface area contributed by atoms with E-state index < -0.39 is 0 Å². The molecule has 0 bridgehead atoms. The van der Waals surface area contributed by atoms with E-state index in [9.17, 15) is 0 Å². The molecule has 0 aliphatic rings. The van der Waals surface area contributed by atoms with Crippen molar-refractivity contribution in [2.24, 2.45) is 11.5 Å². The van der Waals surface area contributed by atoms with Crippen LogP contribution in [-0.4, -0.2) is 6.54 Å². The minimum atomic E-state index is 0. The van der Waals surface area contributed by atoms with E-state index in [1.165, 1.54) is 12.8 Å². The summed E-state index contributed by atoms with van der Waals surface area (Å²) in [5, 5.41) is 0. The molecule has 0 spiro atoms. The molecule has 0 amide bonds. The Morgan fingerprint density at radius 1 is 0.786 bits per heavy atom. The summed E-state index contributed by atoms with van der Waals surface area (Å²) in [5.74, 6) is 0. The van der Waals surface area contributed by atoms with Crippen LogP contribution in [0.25, 0.3) is 0 Å². The largest absolute Gasteiger partial charge is 1.00 e. The van der Waals surface area contributed by atoms with Crippen LogP contribution in [-0.2, 0) is 0 Å². The summed E-state index contributed by atoms with van der Waals surface area (Å²) < 4.78 is 0. The molecule has 60 valence electrons. The van der Waals surface area contributed by atoms with E-state index in [0.717, 1.165) is 19.4 Å². The summed E-state index contributed by atoms with van der Waals surface area (Å²) in [4.78, 5) is 0. The maximum absolute atomic E-state index is 5.27. The Bertz CT molecular complexity index is 61.1. The van der Waals surface area contributed by atoms with Crippen molar-refractivity contribution < 1.29 is 315 Å². The van der Waals surface area contributed by atoms with Gasteiger partial charge in [0.1, 0.15) is 0 Å². The zero-order chi connectivity index (χ0) is 6.24. The molecular weight excluding hydrogens is 335 g/mol. The quantitative estimate of drug-likeness (QED) is 0.293. The first-order valence-corrected chi connectivity index (χ1v) is 3.15. The van der Waals surface area contributed by atoms with Gasteiger partial charge in [-0.1, -0.05) is 12.8 Å². The first-order chi connectivity index (χ1) is 3.91. The SMILES string of the molecule is N[CH-]CCCCCN.[H-].[H-].[H-].[H-].[H-].[K+].[K+].[K+].[K+].[K+].[K+]. The van der Waals surface area contributed by atoms with Gasteiger partial charge < -0.3 is 18.6 Å². The van der Waals surface area contributed by atoms with Crippen LogP contribution in [0.4, 0.5) is 0 Å². The van der Waals surface area contributed by atoms with E-state index in [-0.39, 0.29) is 315 Å². The predicted octanol–water partition coefficient (Wildman–Crippen LogP) is -16.8. The smallest absolute Gasteiger partial charge is 1.00 e. The second kappa shape index (κ2) is 43.4. The maximum Gasteiger partial charge on any atom is 1.00 e. The van der Waals surface area contributed by atoms with Gasteiger partial charge in [-0.05, 0) is 13.0 Å². The normalized spacial score (nSPS) is 5.57. The fourth-order valence-electron chi connectivity index (χ4n) is 0.583. The van der Waals surface area contributed by atoms with Crippen LogP contribution in [0.1, 0.15) is 32.8 Å². The molecule has 0 aromatic heterocycles. The van der Waals surface area contributed by atoms with Crippen molar-refractivity contribution >= 4 is 0 Å². The van der Waals surface area contributed by atoms with Gasteiger partial charge in [0, 0.05) is 0 Å². The third-order valence-corrected chi connectivity index (χ3v) is 1.07. The van der Waals surface area contributed by atoms with Gasteiger partial charge in [-0.25, -0.2) is 0 Å². The van der Waals surface area contributed by atoms with Gasteiger partial charge in [0.05, 0.1) is 0 Å². The minimum absolute atomic E-state index is 0. The average Bonchev–Trinajstić information content (AvgIpc) is 1.81. The molecule has 0 unspecified atom stereocenters. The van der Waals surface area contributed by atoms with Crippen LogP contribution in [0, 0.1) is 6.54 Å². The molecule has 0 aromatic carbocycles. The predicted molar refractivity (Wildman–Crippen MR) is 41.6 cm³/mol. The number of rotatable bonds is 5. The van der Waals surface area contributed by atoms with Gasteiger partial charge in [-0.3, -0.25) is 6.54 Å². The molecule has 0 saturated carbocycles. The molecule has 4 N–H and O–H groups in total. The average molecular weight is 355 g/mol. The Balaban J connectivity index is -0.00000000445. The van der Waals surface area contributed by atoms with Crippen molar-refractivity contribution in [2.75, 3.05) is 6.54 Å². The zero-order valence-corrected chi connectivity index (χ0v) is 30.0. The van der Waals surface area contributed by atoms with E-state index in [1.807, 2.05) is 0 Å². The van der Waals surface area contributed by atoms with E-state index in [1.54, 1.807) is 6.54 Å². The van der Waals surface area contributed by atoms with Gasteiger partial charge in [0.2, 0.25) is 0 Å². The molecule has 0 saturated heterocycles. The number of hydrogen-bond donors (Lipinski definition) is 2. The Labute approximate surface area is 352 Å². The first kappa shape index (κ1) is 43.8. The van der Waals surface area contributed by atoms with Crippen LogP contribution < -0.4 is 320 Å². The second-order valence-electron chi connectivity index (χ2n) is 1.87. The molecule has 0 aliphatic carbocycles. The van der Waals surface area contributed by atoms with Crippen LogP contribution in [0.2, 0.25) is 0 Å². The molecule has 0 aromatic rings. The van der Waals surface area contributed by atoms with Crippen LogP contribution >= 0.6 is 0 Å². The van der Waals surface area contributed by atoms with Crippen molar-refractivity contribution in [2.45, 2.75) is 25.7 Å². The molecule has 0 aliphatic heterocycles. The standard InChI is InChI=1S/C6H15N2.6K.5H/c7-5-3-1-2-4-6-8;;;;;;;;;;;/h5H,1-4,6-8H2;;;;;;;;;;;/q-1;6*+1;5*-1. The van der Waals surface area contributed by atoms with E-state index in [4.69, 9.17) is 11.5 Å². The van der Waals surface area contributed by atoms with Gasteiger partial charge in [0.25, 0.3) is 0 Å². The molecule has 0 radical (unpaired) electrons. The molecule has 14 heavy (non-hydrogen) atoms. The molecule has 2 nitrogen and oxygen atoms in total. The van der Waals surface area contributed by atoms with Crippen LogP contribution in [0.3, 0.4) is 0 Å². The number of unbranched alkanes of at least 4 members (excludes halogenated alkanes) is 3.